The molecule has 9 heteroatoms. The van der Waals surface area contributed by atoms with Crippen LogP contribution in [0.3, 0.4) is 0 Å². The van der Waals surface area contributed by atoms with Crippen molar-refractivity contribution in [1.29, 1.82) is 0 Å². The Labute approximate surface area is 157 Å². The summed E-state index contributed by atoms with van der Waals surface area (Å²) >= 11 is 0. The highest BCUT2D eigenvalue weighted by Crippen LogP contribution is 2.37. The lowest BCUT2D eigenvalue weighted by atomic mass is 9.85. The first kappa shape index (κ1) is 19.2. The Morgan fingerprint density at radius 3 is 2.48 bits per heavy atom. The van der Waals surface area contributed by atoms with E-state index in [0.29, 0.717) is 44.7 Å². The zero-order valence-electron chi connectivity index (χ0n) is 16.0. The van der Waals surface area contributed by atoms with E-state index in [1.54, 1.807) is 9.80 Å². The lowest BCUT2D eigenvalue weighted by molar-refractivity contribution is -0.140. The summed E-state index contributed by atoms with van der Waals surface area (Å²) < 4.78 is 4.96. The summed E-state index contributed by atoms with van der Waals surface area (Å²) in [6.45, 7) is 5.41. The van der Waals surface area contributed by atoms with E-state index in [1.165, 1.54) is 18.0 Å². The van der Waals surface area contributed by atoms with Crippen molar-refractivity contribution < 1.29 is 18.9 Å². The van der Waals surface area contributed by atoms with Crippen LogP contribution in [0.15, 0.2) is 15.4 Å². The molecule has 148 valence electrons. The molecule has 0 radical (unpaired) electrons. The third-order valence-corrected chi connectivity index (χ3v) is 5.39. The fraction of sp³-hybridized carbons (Fsp3) is 0.667. The molecule has 3 heterocycles. The largest absolute Gasteiger partial charge is 0.384 e. The topological polar surface area (TPSA) is 107 Å². The second kappa shape index (κ2) is 7.21. The minimum Gasteiger partial charge on any atom is -0.384 e. The molecule has 2 aliphatic rings. The van der Waals surface area contributed by atoms with E-state index in [1.807, 2.05) is 13.8 Å². The summed E-state index contributed by atoms with van der Waals surface area (Å²) in [6, 6.07) is 1.08. The van der Waals surface area contributed by atoms with Gasteiger partial charge in [0.25, 0.3) is 11.5 Å². The molecule has 0 aromatic carbocycles. The van der Waals surface area contributed by atoms with Crippen LogP contribution in [0.1, 0.15) is 38.9 Å². The molecule has 2 aliphatic heterocycles. The molecule has 1 N–H and O–H groups in total. The monoisotopic (exact) mass is 378 g/mol. The van der Waals surface area contributed by atoms with Crippen LogP contribution in [0.25, 0.3) is 0 Å². The van der Waals surface area contributed by atoms with Crippen LogP contribution in [-0.4, -0.2) is 69.9 Å². The average molecular weight is 378 g/mol. The Kier molecular flexibility index (Phi) is 5.12. The van der Waals surface area contributed by atoms with Crippen molar-refractivity contribution >= 4 is 17.8 Å². The molecule has 0 atom stereocenters. The third-order valence-electron chi connectivity index (χ3n) is 5.39. The lowest BCUT2D eigenvalue weighted by Crippen LogP contribution is -2.58. The molecule has 1 aromatic heterocycles. The number of amides is 4. The molecule has 0 bridgehead atoms. The highest BCUT2D eigenvalue weighted by molar-refractivity contribution is 6.07. The summed E-state index contributed by atoms with van der Waals surface area (Å²) in [6.07, 6.45) is 1.47. The second-order valence-corrected chi connectivity index (χ2v) is 7.74. The number of likely N-dealkylation sites (tertiary alicyclic amines) is 1. The molecule has 27 heavy (non-hydrogen) atoms. The van der Waals surface area contributed by atoms with Crippen molar-refractivity contribution in [2.75, 3.05) is 26.7 Å². The van der Waals surface area contributed by atoms with Crippen LogP contribution in [-0.2, 0) is 16.0 Å². The van der Waals surface area contributed by atoms with Gasteiger partial charge in [0.2, 0.25) is 5.91 Å². The number of nitrogens with zero attached hydrogens (tertiary/aromatic N) is 3. The second-order valence-electron chi connectivity index (χ2n) is 7.74. The van der Waals surface area contributed by atoms with Crippen molar-refractivity contribution in [2.24, 2.45) is 5.92 Å². The van der Waals surface area contributed by atoms with Crippen LogP contribution in [0.5, 0.6) is 0 Å². The molecule has 4 amide bonds. The SMILES string of the molecule is CC(C)CN1C(=O)N(C)C(=O)C12CCN(C(=O)CCc1cc(=O)[nH]o1)CC2. The number of aromatic nitrogens is 1. The first-order valence-corrected chi connectivity index (χ1v) is 9.29. The highest BCUT2D eigenvalue weighted by Gasteiger charge is 2.57. The molecule has 2 saturated heterocycles. The number of hydrogen-bond acceptors (Lipinski definition) is 5. The van der Waals surface area contributed by atoms with E-state index in [9.17, 15) is 19.2 Å². The summed E-state index contributed by atoms with van der Waals surface area (Å²) in [5, 5.41) is 2.20. The number of piperidine rings is 1. The van der Waals surface area contributed by atoms with Crippen LogP contribution in [0, 0.1) is 5.92 Å². The van der Waals surface area contributed by atoms with Gasteiger partial charge in [-0.1, -0.05) is 13.8 Å². The van der Waals surface area contributed by atoms with Crippen molar-refractivity contribution in [1.82, 2.24) is 19.9 Å². The summed E-state index contributed by atoms with van der Waals surface area (Å²) in [5.74, 6) is 0.479. The van der Waals surface area contributed by atoms with Crippen molar-refractivity contribution in [3.05, 3.63) is 22.2 Å². The predicted molar refractivity (Wildman–Crippen MR) is 95.9 cm³/mol. The Balaban J connectivity index is 1.63. The fourth-order valence-electron chi connectivity index (χ4n) is 3.94. The van der Waals surface area contributed by atoms with Crippen LogP contribution in [0.2, 0.25) is 0 Å². The number of H-pyrrole nitrogens is 1. The van der Waals surface area contributed by atoms with Gasteiger partial charge in [-0.3, -0.25) is 19.3 Å². The first-order chi connectivity index (χ1) is 12.7. The Hall–Kier alpha value is -2.58. The van der Waals surface area contributed by atoms with Crippen LogP contribution in [0.4, 0.5) is 4.79 Å². The van der Waals surface area contributed by atoms with Crippen LogP contribution >= 0.6 is 0 Å². The third kappa shape index (κ3) is 3.50. The standard InChI is InChI=1S/C18H26N4O5/c1-12(2)11-22-17(26)20(3)16(25)18(22)6-8-21(9-7-18)15(24)5-4-13-10-14(23)19-27-13/h10,12H,4-9,11H2,1-3H3,(H,19,23). The lowest BCUT2D eigenvalue weighted by Gasteiger charge is -2.42. The van der Waals surface area contributed by atoms with Crippen molar-refractivity contribution in [3.8, 4) is 0 Å². The molecule has 2 fully saturated rings. The number of aryl methyl sites for hydroxylation is 1. The zero-order valence-corrected chi connectivity index (χ0v) is 16.0. The van der Waals surface area contributed by atoms with Crippen molar-refractivity contribution in [2.45, 2.75) is 45.1 Å². The first-order valence-electron chi connectivity index (χ1n) is 9.29. The van der Waals surface area contributed by atoms with Crippen LogP contribution < -0.4 is 5.56 Å². The normalized spacial score (nSPS) is 19.6. The number of aromatic amines is 1. The number of nitrogens with one attached hydrogen (secondary N) is 1. The van der Waals surface area contributed by atoms with E-state index in [0.717, 1.165) is 0 Å². The number of rotatable bonds is 5. The van der Waals surface area contributed by atoms with E-state index < -0.39 is 5.54 Å². The maximum absolute atomic E-state index is 12.8. The maximum Gasteiger partial charge on any atom is 0.327 e. The van der Waals surface area contributed by atoms with E-state index in [-0.39, 0.29) is 35.7 Å². The molecular weight excluding hydrogens is 352 g/mol. The average Bonchev–Trinajstić information content (AvgIpc) is 3.13. The van der Waals surface area contributed by atoms with Gasteiger partial charge in [-0.25, -0.2) is 4.79 Å². The molecule has 9 nitrogen and oxygen atoms in total. The van der Waals surface area contributed by atoms with E-state index in [2.05, 4.69) is 5.16 Å². The fourth-order valence-corrected chi connectivity index (χ4v) is 3.94. The van der Waals surface area contributed by atoms with Gasteiger partial charge in [0.05, 0.1) is 0 Å². The number of carbonyl (C=O) groups is 3. The highest BCUT2D eigenvalue weighted by atomic mass is 16.5. The number of likely N-dealkylation sites (N-methyl/N-ethyl adjacent to an activating group) is 1. The minimum absolute atomic E-state index is 0.0470. The van der Waals surface area contributed by atoms with Gasteiger partial charge in [-0.15, -0.1) is 0 Å². The number of imide groups is 1. The predicted octanol–water partition coefficient (Wildman–Crippen LogP) is 0.812. The smallest absolute Gasteiger partial charge is 0.327 e. The molecule has 0 unspecified atom stereocenters. The summed E-state index contributed by atoms with van der Waals surface area (Å²) in [5.41, 5.74) is -1.16. The van der Waals surface area contributed by atoms with E-state index >= 15 is 0 Å². The molecule has 1 spiro atoms. The Morgan fingerprint density at radius 2 is 1.93 bits per heavy atom. The Morgan fingerprint density at radius 1 is 1.26 bits per heavy atom. The van der Waals surface area contributed by atoms with Gasteiger partial charge in [0.15, 0.2) is 0 Å². The van der Waals surface area contributed by atoms with Gasteiger partial charge >= 0.3 is 6.03 Å². The van der Waals surface area contributed by atoms with Crippen molar-refractivity contribution in [3.63, 3.8) is 0 Å². The van der Waals surface area contributed by atoms with Gasteiger partial charge in [0.1, 0.15) is 11.3 Å². The maximum atomic E-state index is 12.8. The quantitative estimate of drug-likeness (QED) is 0.763. The zero-order chi connectivity index (χ0) is 19.8. The van der Waals surface area contributed by atoms with Gasteiger partial charge in [-0.05, 0) is 18.8 Å². The Bertz CT molecular complexity index is 788. The molecule has 1 aromatic rings. The molecular formula is C18H26N4O5. The van der Waals surface area contributed by atoms with Gasteiger partial charge in [0, 0.05) is 45.6 Å². The molecule has 0 aliphatic carbocycles. The minimum atomic E-state index is -0.833. The number of hydrogen-bond donors (Lipinski definition) is 1. The summed E-state index contributed by atoms with van der Waals surface area (Å²) in [4.78, 5) is 53.4. The van der Waals surface area contributed by atoms with Gasteiger partial charge < -0.3 is 14.3 Å². The number of carbonyl (C=O) groups excluding carboxylic acids is 3. The van der Waals surface area contributed by atoms with Gasteiger partial charge in [-0.2, -0.15) is 5.16 Å². The number of urea groups is 1. The summed E-state index contributed by atoms with van der Waals surface area (Å²) in [7, 11) is 1.52. The molecule has 3 rings (SSSR count). The van der Waals surface area contributed by atoms with E-state index in [4.69, 9.17) is 4.52 Å². The molecule has 0 saturated carbocycles.